The summed E-state index contributed by atoms with van der Waals surface area (Å²) in [6.45, 7) is 0. The molecule has 1 aliphatic heterocycles. The number of rotatable bonds is 4. The zero-order valence-corrected chi connectivity index (χ0v) is 15.6. The number of carbonyl (C=O) groups excluding carboxylic acids is 2. The lowest BCUT2D eigenvalue weighted by atomic mass is 9.94. The van der Waals surface area contributed by atoms with Crippen LogP contribution in [0.3, 0.4) is 0 Å². The second-order valence-corrected chi connectivity index (χ2v) is 6.65. The lowest BCUT2D eigenvalue weighted by Gasteiger charge is -2.18. The van der Waals surface area contributed by atoms with Crippen molar-refractivity contribution in [1.29, 1.82) is 0 Å². The predicted molar refractivity (Wildman–Crippen MR) is 104 cm³/mol. The Labute approximate surface area is 165 Å². The fourth-order valence-corrected chi connectivity index (χ4v) is 3.30. The molecule has 0 spiro atoms. The Kier molecular flexibility index (Phi) is 5.21. The van der Waals surface area contributed by atoms with Gasteiger partial charge in [-0.25, -0.2) is 9.21 Å². The third-order valence-corrected chi connectivity index (χ3v) is 4.86. The molecule has 6 nitrogen and oxygen atoms in total. The van der Waals surface area contributed by atoms with E-state index in [1.165, 1.54) is 11.0 Å². The molecule has 8 heteroatoms. The van der Waals surface area contributed by atoms with E-state index in [4.69, 9.17) is 28.5 Å². The van der Waals surface area contributed by atoms with Crippen LogP contribution in [0.25, 0.3) is 6.08 Å². The molecule has 138 valence electrons. The number of carbonyl (C=O) groups is 3. The number of fused-ring (bicyclic) bond motifs is 1. The SMILES string of the molecule is CN1C(=O)C(C(=O)N(Cl)c2ccc(Cl)cc2)c2c(C=CC(=O)O)cccc21. The fourth-order valence-electron chi connectivity index (χ4n) is 2.96. The number of anilines is 2. The van der Waals surface area contributed by atoms with E-state index >= 15 is 0 Å². The molecular weight excluding hydrogens is 391 g/mol. The Morgan fingerprint density at radius 1 is 1.19 bits per heavy atom. The topological polar surface area (TPSA) is 77.9 Å². The number of hydrogen-bond acceptors (Lipinski definition) is 3. The molecule has 27 heavy (non-hydrogen) atoms. The zero-order chi connectivity index (χ0) is 19.7. The van der Waals surface area contributed by atoms with Gasteiger partial charge in [-0.15, -0.1) is 0 Å². The minimum absolute atomic E-state index is 0.369. The second-order valence-electron chi connectivity index (χ2n) is 5.88. The maximum atomic E-state index is 13.0. The van der Waals surface area contributed by atoms with E-state index in [0.29, 0.717) is 27.5 Å². The molecule has 1 unspecified atom stereocenters. The third kappa shape index (κ3) is 3.54. The van der Waals surface area contributed by atoms with Gasteiger partial charge >= 0.3 is 5.97 Å². The molecule has 2 amide bonds. The molecule has 0 saturated carbocycles. The lowest BCUT2D eigenvalue weighted by molar-refractivity contribution is -0.131. The van der Waals surface area contributed by atoms with Crippen LogP contribution in [0.1, 0.15) is 17.0 Å². The van der Waals surface area contributed by atoms with Gasteiger partial charge in [0.05, 0.1) is 5.69 Å². The molecule has 0 radical (unpaired) electrons. The smallest absolute Gasteiger partial charge is 0.328 e. The van der Waals surface area contributed by atoms with Crippen LogP contribution < -0.4 is 9.32 Å². The van der Waals surface area contributed by atoms with Crippen molar-refractivity contribution in [2.45, 2.75) is 5.92 Å². The first kappa shape index (κ1) is 18.9. The summed E-state index contributed by atoms with van der Waals surface area (Å²) in [6.07, 6.45) is 2.31. The highest BCUT2D eigenvalue weighted by molar-refractivity contribution is 6.40. The number of carboxylic acids is 1. The van der Waals surface area contributed by atoms with Crippen LogP contribution in [0.4, 0.5) is 11.4 Å². The van der Waals surface area contributed by atoms with Crippen molar-refractivity contribution in [2.75, 3.05) is 16.4 Å². The van der Waals surface area contributed by atoms with Crippen molar-refractivity contribution in [1.82, 2.24) is 0 Å². The van der Waals surface area contributed by atoms with Crippen LogP contribution in [0.15, 0.2) is 48.5 Å². The molecule has 2 aromatic rings. The van der Waals surface area contributed by atoms with Crippen molar-refractivity contribution in [3.63, 3.8) is 0 Å². The number of hydrogen-bond donors (Lipinski definition) is 1. The Balaban J connectivity index is 2.04. The number of nitrogens with zero attached hydrogens (tertiary/aromatic N) is 2. The van der Waals surface area contributed by atoms with Gasteiger partial charge in [0.1, 0.15) is 5.92 Å². The summed E-state index contributed by atoms with van der Waals surface area (Å²) in [4.78, 5) is 38.0. The molecule has 0 saturated heterocycles. The van der Waals surface area contributed by atoms with Crippen molar-refractivity contribution >= 4 is 58.6 Å². The van der Waals surface area contributed by atoms with Gasteiger partial charge in [0, 0.05) is 41.2 Å². The minimum Gasteiger partial charge on any atom is -0.478 e. The first-order chi connectivity index (χ1) is 12.8. The van der Waals surface area contributed by atoms with Crippen LogP contribution in [-0.2, 0) is 14.4 Å². The highest BCUT2D eigenvalue weighted by Crippen LogP contribution is 2.41. The van der Waals surface area contributed by atoms with Crippen LogP contribution in [0.5, 0.6) is 0 Å². The predicted octanol–water partition coefficient (Wildman–Crippen LogP) is 3.68. The average molecular weight is 405 g/mol. The summed E-state index contributed by atoms with van der Waals surface area (Å²) >= 11 is 12.1. The van der Waals surface area contributed by atoms with Gasteiger partial charge in [0.25, 0.3) is 5.91 Å². The van der Waals surface area contributed by atoms with Crippen molar-refractivity contribution in [2.24, 2.45) is 0 Å². The van der Waals surface area contributed by atoms with Crippen LogP contribution >= 0.6 is 23.4 Å². The lowest BCUT2D eigenvalue weighted by Crippen LogP contribution is -2.34. The summed E-state index contributed by atoms with van der Waals surface area (Å²) in [7, 11) is 1.56. The maximum Gasteiger partial charge on any atom is 0.328 e. The summed E-state index contributed by atoms with van der Waals surface area (Å²) in [5.74, 6) is -3.38. The maximum absolute atomic E-state index is 13.0. The van der Waals surface area contributed by atoms with E-state index in [2.05, 4.69) is 0 Å². The number of carboxylic acid groups (broad SMARTS) is 1. The standard InChI is InChI=1S/C19H14Cl2N2O4/c1-22-14-4-2-3-11(5-10-15(24)25)16(14)17(18(22)26)19(27)23(21)13-8-6-12(20)7-9-13/h2-10,17H,1H3,(H,24,25). The van der Waals surface area contributed by atoms with E-state index in [1.54, 1.807) is 49.5 Å². The monoisotopic (exact) mass is 404 g/mol. The largest absolute Gasteiger partial charge is 0.478 e. The number of benzene rings is 2. The fraction of sp³-hybridized carbons (Fsp3) is 0.105. The Hall–Kier alpha value is -2.83. The van der Waals surface area contributed by atoms with Crippen molar-refractivity contribution in [3.05, 3.63) is 64.7 Å². The summed E-state index contributed by atoms with van der Waals surface area (Å²) in [5, 5.41) is 9.38. The molecule has 0 aromatic heterocycles. The molecule has 1 aliphatic rings. The van der Waals surface area contributed by atoms with E-state index < -0.39 is 23.7 Å². The number of aliphatic carboxylic acids is 1. The van der Waals surface area contributed by atoms with Gasteiger partial charge < -0.3 is 10.0 Å². The molecule has 0 fully saturated rings. The molecule has 1 heterocycles. The first-order valence-corrected chi connectivity index (χ1v) is 8.59. The van der Waals surface area contributed by atoms with E-state index in [1.807, 2.05) is 0 Å². The Bertz CT molecular complexity index is 957. The molecule has 1 N–H and O–H groups in total. The number of amides is 2. The molecule has 0 bridgehead atoms. The van der Waals surface area contributed by atoms with E-state index in [9.17, 15) is 14.4 Å². The number of likely N-dealkylation sites (N-methyl/N-ethyl adjacent to an activating group) is 1. The van der Waals surface area contributed by atoms with Gasteiger partial charge in [-0.1, -0.05) is 23.7 Å². The van der Waals surface area contributed by atoms with Crippen molar-refractivity contribution < 1.29 is 19.5 Å². The van der Waals surface area contributed by atoms with Crippen LogP contribution in [0, 0.1) is 0 Å². The average Bonchev–Trinajstić information content (AvgIpc) is 2.91. The van der Waals surface area contributed by atoms with Gasteiger partial charge in [-0.05, 0) is 42.0 Å². The quantitative estimate of drug-likeness (QED) is 0.478. The normalized spacial score (nSPS) is 15.9. The minimum atomic E-state index is -1.17. The molecule has 2 aromatic carbocycles. The summed E-state index contributed by atoms with van der Waals surface area (Å²) in [6, 6.07) is 11.3. The van der Waals surface area contributed by atoms with Crippen molar-refractivity contribution in [3.8, 4) is 0 Å². The molecule has 3 rings (SSSR count). The van der Waals surface area contributed by atoms with Gasteiger partial charge in [0.2, 0.25) is 5.91 Å². The highest BCUT2D eigenvalue weighted by Gasteiger charge is 2.43. The molecular formula is C19H14Cl2N2O4. The second kappa shape index (κ2) is 7.42. The Morgan fingerprint density at radius 3 is 2.48 bits per heavy atom. The molecule has 0 aliphatic carbocycles. The van der Waals surface area contributed by atoms with E-state index in [-0.39, 0.29) is 0 Å². The van der Waals surface area contributed by atoms with Gasteiger partial charge in [-0.2, -0.15) is 0 Å². The highest BCUT2D eigenvalue weighted by atomic mass is 35.5. The summed E-state index contributed by atoms with van der Waals surface area (Å²) in [5.41, 5.74) is 1.79. The number of halogens is 2. The Morgan fingerprint density at radius 2 is 1.85 bits per heavy atom. The van der Waals surface area contributed by atoms with Gasteiger partial charge in [0.15, 0.2) is 0 Å². The first-order valence-electron chi connectivity index (χ1n) is 7.88. The third-order valence-electron chi connectivity index (χ3n) is 4.24. The molecule has 1 atom stereocenters. The zero-order valence-electron chi connectivity index (χ0n) is 14.1. The van der Waals surface area contributed by atoms with Gasteiger partial charge in [-0.3, -0.25) is 9.59 Å². The summed E-state index contributed by atoms with van der Waals surface area (Å²) < 4.78 is 0.875. The van der Waals surface area contributed by atoms with Crippen LogP contribution in [0.2, 0.25) is 5.02 Å². The van der Waals surface area contributed by atoms with Crippen LogP contribution in [-0.4, -0.2) is 29.9 Å². The van der Waals surface area contributed by atoms with E-state index in [0.717, 1.165) is 10.5 Å².